The van der Waals surface area contributed by atoms with Crippen LogP contribution in [0, 0.1) is 11.4 Å². The summed E-state index contributed by atoms with van der Waals surface area (Å²) in [6.07, 6.45) is 3.98. The molecule has 2 atom stereocenters. The first kappa shape index (κ1) is 19.6. The number of hydrogen-bond donors (Lipinski definition) is 3. The van der Waals surface area contributed by atoms with Gasteiger partial charge in [0.25, 0.3) is 11.8 Å². The van der Waals surface area contributed by atoms with Crippen LogP contribution in [0.1, 0.15) is 51.8 Å². The average molecular weight is 404 g/mol. The quantitative estimate of drug-likeness (QED) is 0.645. The first-order valence-electron chi connectivity index (χ1n) is 9.72. The molecule has 2 amide bonds. The van der Waals surface area contributed by atoms with E-state index in [0.717, 1.165) is 19.0 Å². The number of rotatable bonds is 4. The third-order valence-corrected chi connectivity index (χ3v) is 5.11. The molecule has 9 nitrogen and oxygen atoms in total. The minimum absolute atomic E-state index is 0.0539. The Balaban J connectivity index is 1.66. The van der Waals surface area contributed by atoms with Gasteiger partial charge in [-0.25, -0.2) is 15.4 Å². The van der Waals surface area contributed by atoms with Crippen molar-refractivity contribution in [3.8, 4) is 0 Å². The average Bonchev–Trinajstić information content (AvgIpc) is 3.33. The van der Waals surface area contributed by atoms with E-state index in [2.05, 4.69) is 20.7 Å². The summed E-state index contributed by atoms with van der Waals surface area (Å²) in [5.41, 5.74) is 3.07. The Labute approximate surface area is 168 Å². The lowest BCUT2D eigenvalue weighted by molar-refractivity contribution is -0.142. The van der Waals surface area contributed by atoms with Gasteiger partial charge in [0.1, 0.15) is 6.17 Å². The highest BCUT2D eigenvalue weighted by Gasteiger charge is 2.49. The molecule has 3 N–H and O–H groups in total. The molecular weight excluding hydrogens is 379 g/mol. The van der Waals surface area contributed by atoms with Crippen LogP contribution >= 0.6 is 0 Å². The van der Waals surface area contributed by atoms with E-state index in [1.807, 2.05) is 20.8 Å². The highest BCUT2D eigenvalue weighted by molar-refractivity contribution is 6.19. The maximum absolute atomic E-state index is 13.1. The lowest BCUT2D eigenvalue weighted by Crippen LogP contribution is -2.58. The van der Waals surface area contributed by atoms with Gasteiger partial charge in [0, 0.05) is 19.0 Å². The molecule has 1 saturated carbocycles. The summed E-state index contributed by atoms with van der Waals surface area (Å²) in [6, 6.07) is -0.351. The van der Waals surface area contributed by atoms with Crippen molar-refractivity contribution in [2.45, 2.75) is 58.3 Å². The lowest BCUT2D eigenvalue weighted by Gasteiger charge is -2.42. The molecule has 0 radical (unpaired) electrons. The van der Waals surface area contributed by atoms with Crippen molar-refractivity contribution >= 4 is 11.8 Å². The van der Waals surface area contributed by atoms with Crippen LogP contribution in [-0.2, 0) is 9.59 Å². The molecule has 0 bridgehead atoms. The molecule has 3 heterocycles. The predicted molar refractivity (Wildman–Crippen MR) is 100 cm³/mol. The van der Waals surface area contributed by atoms with Gasteiger partial charge in [-0.15, -0.1) is 0 Å². The van der Waals surface area contributed by atoms with Crippen LogP contribution in [-0.4, -0.2) is 55.6 Å². The molecule has 4 rings (SSSR count). The molecule has 0 aromatic carbocycles. The molecule has 2 fully saturated rings. The van der Waals surface area contributed by atoms with Crippen LogP contribution in [0.2, 0.25) is 0 Å². The number of hydrogen-bond acceptors (Lipinski definition) is 7. The fraction of sp³-hybridized carbons (Fsp3) is 0.579. The second kappa shape index (κ2) is 6.94. The number of aliphatic hydroxyl groups excluding tert-OH is 1. The zero-order valence-electron chi connectivity index (χ0n) is 16.6. The maximum atomic E-state index is 13.1. The van der Waals surface area contributed by atoms with E-state index in [4.69, 9.17) is 0 Å². The van der Waals surface area contributed by atoms with Crippen molar-refractivity contribution in [2.24, 2.45) is 5.41 Å². The highest BCUT2D eigenvalue weighted by atomic mass is 19.1. The van der Waals surface area contributed by atoms with E-state index >= 15 is 0 Å². The number of nitrogens with zero attached hydrogens (tertiary/aromatic N) is 4. The van der Waals surface area contributed by atoms with E-state index in [9.17, 15) is 19.1 Å². The van der Waals surface area contributed by atoms with Crippen molar-refractivity contribution in [1.29, 1.82) is 0 Å². The first-order valence-corrected chi connectivity index (χ1v) is 9.72. The second-order valence-electron chi connectivity index (χ2n) is 8.97. The smallest absolute Gasteiger partial charge is 0.280 e. The van der Waals surface area contributed by atoms with Crippen LogP contribution in [0.5, 0.6) is 0 Å². The van der Waals surface area contributed by atoms with Crippen molar-refractivity contribution < 1.29 is 19.1 Å². The summed E-state index contributed by atoms with van der Waals surface area (Å²) in [4.78, 5) is 35.1. The van der Waals surface area contributed by atoms with E-state index < -0.39 is 30.0 Å². The van der Waals surface area contributed by atoms with Gasteiger partial charge in [0.15, 0.2) is 5.57 Å². The van der Waals surface area contributed by atoms with E-state index in [1.54, 1.807) is 4.90 Å². The van der Waals surface area contributed by atoms with Crippen molar-refractivity contribution in [2.75, 3.05) is 6.54 Å². The number of hydrazine groups is 1. The third-order valence-electron chi connectivity index (χ3n) is 5.11. The molecule has 3 aliphatic rings. The molecule has 29 heavy (non-hydrogen) atoms. The van der Waals surface area contributed by atoms with Crippen LogP contribution in [0.25, 0.3) is 0 Å². The molecule has 10 heteroatoms. The molecule has 2 unspecified atom stereocenters. The minimum atomic E-state index is -0.687. The van der Waals surface area contributed by atoms with Crippen LogP contribution in [0.4, 0.5) is 4.39 Å². The number of nitrogens with one attached hydrogen (secondary N) is 2. The van der Waals surface area contributed by atoms with Crippen LogP contribution < -0.4 is 10.7 Å². The SMILES string of the molecule is CC(C)(C)CN1C(O)=C(C(=O)NC2CC2)C(=O)N2NC(c3cnc(F)cn3)CC12. The molecule has 0 spiro atoms. The topological polar surface area (TPSA) is 111 Å². The Morgan fingerprint density at radius 3 is 2.66 bits per heavy atom. The summed E-state index contributed by atoms with van der Waals surface area (Å²) in [5.74, 6) is -2.15. The summed E-state index contributed by atoms with van der Waals surface area (Å²) in [5, 5.41) is 15.0. The Kier molecular flexibility index (Phi) is 4.68. The van der Waals surface area contributed by atoms with Gasteiger partial charge in [0.2, 0.25) is 11.8 Å². The Morgan fingerprint density at radius 1 is 1.34 bits per heavy atom. The van der Waals surface area contributed by atoms with Crippen molar-refractivity contribution in [1.82, 2.24) is 30.6 Å². The first-order chi connectivity index (χ1) is 13.6. The molecular formula is C19H25FN6O3. The number of carbonyl (C=O) groups is 2. The molecule has 1 aliphatic carbocycles. The van der Waals surface area contributed by atoms with Gasteiger partial charge in [-0.05, 0) is 18.3 Å². The number of aromatic nitrogens is 2. The number of aliphatic hydroxyl groups is 1. The van der Waals surface area contributed by atoms with Gasteiger partial charge in [0.05, 0.1) is 24.1 Å². The normalized spacial score (nSPS) is 24.8. The summed E-state index contributed by atoms with van der Waals surface area (Å²) in [6.45, 7) is 6.46. The van der Waals surface area contributed by atoms with Crippen molar-refractivity contribution in [3.05, 3.63) is 35.5 Å². The van der Waals surface area contributed by atoms with Gasteiger partial charge in [-0.2, -0.15) is 4.39 Å². The van der Waals surface area contributed by atoms with Gasteiger partial charge in [-0.3, -0.25) is 14.6 Å². The predicted octanol–water partition coefficient (Wildman–Crippen LogP) is 1.13. The fourth-order valence-electron chi connectivity index (χ4n) is 3.65. The molecule has 1 aromatic rings. The van der Waals surface area contributed by atoms with E-state index in [1.165, 1.54) is 11.2 Å². The summed E-state index contributed by atoms with van der Waals surface area (Å²) < 4.78 is 13.1. The fourth-order valence-corrected chi connectivity index (χ4v) is 3.65. The third kappa shape index (κ3) is 3.89. The standard InChI is InChI=1S/C19H25FN6O3/c1-19(2,3)9-25-14-6-11(12-7-22-13(20)8-21-12)24-26(14)18(29)15(17(25)28)16(27)23-10-4-5-10/h7-8,10-11,14,24,28H,4-6,9H2,1-3H3,(H,23,27). The lowest BCUT2D eigenvalue weighted by atomic mass is 9.94. The summed E-state index contributed by atoms with van der Waals surface area (Å²) >= 11 is 0. The van der Waals surface area contributed by atoms with Crippen molar-refractivity contribution in [3.63, 3.8) is 0 Å². The Hall–Kier alpha value is -2.75. The minimum Gasteiger partial charge on any atom is -0.494 e. The van der Waals surface area contributed by atoms with Gasteiger partial charge in [-0.1, -0.05) is 20.8 Å². The monoisotopic (exact) mass is 404 g/mol. The number of carbonyl (C=O) groups excluding carboxylic acids is 2. The second-order valence-corrected chi connectivity index (χ2v) is 8.97. The van der Waals surface area contributed by atoms with Gasteiger partial charge < -0.3 is 15.3 Å². The zero-order valence-corrected chi connectivity index (χ0v) is 16.6. The molecule has 1 saturated heterocycles. The highest BCUT2D eigenvalue weighted by Crippen LogP contribution is 2.36. The van der Waals surface area contributed by atoms with E-state index in [0.29, 0.717) is 18.7 Å². The van der Waals surface area contributed by atoms with E-state index in [-0.39, 0.29) is 22.9 Å². The molecule has 156 valence electrons. The maximum Gasteiger partial charge on any atom is 0.280 e. The molecule has 1 aromatic heterocycles. The number of amides is 2. The van der Waals surface area contributed by atoms with Crippen LogP contribution in [0.15, 0.2) is 23.8 Å². The number of halogens is 1. The van der Waals surface area contributed by atoms with Gasteiger partial charge >= 0.3 is 0 Å². The summed E-state index contributed by atoms with van der Waals surface area (Å²) in [7, 11) is 0. The van der Waals surface area contributed by atoms with Crippen LogP contribution in [0.3, 0.4) is 0 Å². The largest absolute Gasteiger partial charge is 0.494 e. The Morgan fingerprint density at radius 2 is 2.07 bits per heavy atom. The number of fused-ring (bicyclic) bond motifs is 1. The Bertz CT molecular complexity index is 862. The zero-order chi connectivity index (χ0) is 20.9. The molecule has 2 aliphatic heterocycles.